The van der Waals surface area contributed by atoms with E-state index in [-0.39, 0.29) is 18.0 Å². The minimum Gasteiger partial charge on any atom is -0.481 e. The van der Waals surface area contributed by atoms with Gasteiger partial charge >= 0.3 is 12.0 Å². The second-order valence-corrected chi connectivity index (χ2v) is 5.90. The van der Waals surface area contributed by atoms with Gasteiger partial charge in [-0.1, -0.05) is 0 Å². The molecule has 2 amide bonds. The summed E-state index contributed by atoms with van der Waals surface area (Å²) in [4.78, 5) is 26.4. The number of nitrogens with zero attached hydrogens (tertiary/aromatic N) is 2. The summed E-state index contributed by atoms with van der Waals surface area (Å²) < 4.78 is 5.34. The molecule has 0 spiro atoms. The number of likely N-dealkylation sites (N-methyl/N-ethyl adjacent to an activating group) is 1. The van der Waals surface area contributed by atoms with Gasteiger partial charge in [0, 0.05) is 25.2 Å². The molecule has 1 heterocycles. The van der Waals surface area contributed by atoms with Crippen LogP contribution in [0, 0.1) is 0 Å². The van der Waals surface area contributed by atoms with Gasteiger partial charge in [0.15, 0.2) is 0 Å². The third-order valence-electron chi connectivity index (χ3n) is 3.71. The van der Waals surface area contributed by atoms with E-state index in [1.165, 1.54) is 0 Å². The highest BCUT2D eigenvalue weighted by Gasteiger charge is 2.27. The summed E-state index contributed by atoms with van der Waals surface area (Å²) in [5.74, 6) is -0.911. The zero-order chi connectivity index (χ0) is 15.3. The van der Waals surface area contributed by atoms with Gasteiger partial charge in [-0.25, -0.2) is 4.79 Å². The molecule has 0 radical (unpaired) electrons. The number of nitrogens with one attached hydrogen (secondary N) is 1. The summed E-state index contributed by atoms with van der Waals surface area (Å²) in [5, 5.41) is 11.6. The molecule has 0 bridgehead atoms. The van der Waals surface area contributed by atoms with Gasteiger partial charge in [-0.05, 0) is 27.9 Å². The summed E-state index contributed by atoms with van der Waals surface area (Å²) in [7, 11) is 3.92. The van der Waals surface area contributed by atoms with E-state index in [1.807, 2.05) is 32.8 Å². The molecule has 0 aliphatic carbocycles. The number of aliphatic carboxylic acids is 1. The lowest BCUT2D eigenvalue weighted by Crippen LogP contribution is -2.54. The molecule has 116 valence electrons. The Morgan fingerprint density at radius 1 is 1.45 bits per heavy atom. The Labute approximate surface area is 119 Å². The third-order valence-corrected chi connectivity index (χ3v) is 3.71. The number of carbonyl (C=O) groups excluding carboxylic acids is 1. The molecule has 1 saturated heterocycles. The van der Waals surface area contributed by atoms with Crippen LogP contribution >= 0.6 is 0 Å². The molecule has 2 N–H and O–H groups in total. The Morgan fingerprint density at radius 3 is 2.65 bits per heavy atom. The van der Waals surface area contributed by atoms with Crippen LogP contribution in [0.5, 0.6) is 0 Å². The topological polar surface area (TPSA) is 82.1 Å². The first-order valence-electron chi connectivity index (χ1n) is 6.76. The number of ether oxygens (including phenoxy) is 1. The summed E-state index contributed by atoms with van der Waals surface area (Å²) in [6.07, 6.45) is -0.499. The van der Waals surface area contributed by atoms with Gasteiger partial charge in [-0.3, -0.25) is 4.79 Å². The molecule has 0 aromatic heterocycles. The first kappa shape index (κ1) is 16.7. The molecule has 1 rings (SSSR count). The molecule has 7 nitrogen and oxygen atoms in total. The van der Waals surface area contributed by atoms with Gasteiger partial charge in [0.25, 0.3) is 0 Å². The summed E-state index contributed by atoms with van der Waals surface area (Å²) in [6, 6.07) is -0.168. The lowest BCUT2D eigenvalue weighted by molar-refractivity contribution is -0.141. The maximum Gasteiger partial charge on any atom is 0.317 e. The van der Waals surface area contributed by atoms with E-state index >= 15 is 0 Å². The van der Waals surface area contributed by atoms with Crippen molar-refractivity contribution >= 4 is 12.0 Å². The fourth-order valence-electron chi connectivity index (χ4n) is 1.78. The van der Waals surface area contributed by atoms with Crippen LogP contribution in [-0.4, -0.2) is 78.9 Å². The van der Waals surface area contributed by atoms with Crippen molar-refractivity contribution in [3.63, 3.8) is 0 Å². The van der Waals surface area contributed by atoms with E-state index in [2.05, 4.69) is 5.32 Å². The molecule has 1 aliphatic rings. The van der Waals surface area contributed by atoms with E-state index < -0.39 is 12.1 Å². The van der Waals surface area contributed by atoms with Crippen LogP contribution in [0.1, 0.15) is 20.3 Å². The summed E-state index contributed by atoms with van der Waals surface area (Å²) in [5.41, 5.74) is -0.136. The van der Waals surface area contributed by atoms with Crippen LogP contribution in [0.15, 0.2) is 0 Å². The van der Waals surface area contributed by atoms with E-state index in [4.69, 9.17) is 9.84 Å². The fraction of sp³-hybridized carbons (Fsp3) is 0.846. The SMILES string of the molecule is CN(C)C(C)(C)CNC(=O)N1CCOC(CC(=O)O)C1. The number of rotatable bonds is 5. The smallest absolute Gasteiger partial charge is 0.317 e. The van der Waals surface area contributed by atoms with Crippen molar-refractivity contribution in [1.29, 1.82) is 0 Å². The van der Waals surface area contributed by atoms with Gasteiger partial charge < -0.3 is 25.0 Å². The number of carboxylic acids is 1. The van der Waals surface area contributed by atoms with Crippen molar-refractivity contribution in [3.8, 4) is 0 Å². The molecular formula is C13H25N3O4. The van der Waals surface area contributed by atoms with Crippen molar-refractivity contribution in [3.05, 3.63) is 0 Å². The number of carboxylic acid groups (broad SMARTS) is 1. The van der Waals surface area contributed by atoms with Gasteiger partial charge in [0.1, 0.15) is 0 Å². The zero-order valence-electron chi connectivity index (χ0n) is 12.7. The normalized spacial score (nSPS) is 20.1. The monoisotopic (exact) mass is 287 g/mol. The van der Waals surface area contributed by atoms with Crippen molar-refractivity contribution in [2.75, 3.05) is 40.3 Å². The number of morpholine rings is 1. The number of hydrogen-bond acceptors (Lipinski definition) is 4. The maximum absolute atomic E-state index is 12.1. The minimum absolute atomic E-state index is 0.0764. The summed E-state index contributed by atoms with van der Waals surface area (Å²) in [6.45, 7) is 5.80. The lowest BCUT2D eigenvalue weighted by Gasteiger charge is -2.36. The first-order valence-corrected chi connectivity index (χ1v) is 6.76. The van der Waals surface area contributed by atoms with Crippen LogP contribution in [0.2, 0.25) is 0 Å². The van der Waals surface area contributed by atoms with Gasteiger partial charge in [-0.15, -0.1) is 0 Å². The second-order valence-electron chi connectivity index (χ2n) is 5.90. The Hall–Kier alpha value is -1.34. The van der Waals surface area contributed by atoms with E-state index in [1.54, 1.807) is 4.90 Å². The minimum atomic E-state index is -0.911. The molecule has 1 aliphatic heterocycles. The molecular weight excluding hydrogens is 262 g/mol. The van der Waals surface area contributed by atoms with Crippen LogP contribution in [0.4, 0.5) is 4.79 Å². The van der Waals surface area contributed by atoms with Gasteiger partial charge in [-0.2, -0.15) is 0 Å². The predicted molar refractivity (Wildman–Crippen MR) is 74.7 cm³/mol. The summed E-state index contributed by atoms with van der Waals surface area (Å²) >= 11 is 0. The average molecular weight is 287 g/mol. The van der Waals surface area contributed by atoms with Crippen molar-refractivity contribution in [2.45, 2.75) is 31.9 Å². The maximum atomic E-state index is 12.1. The molecule has 7 heteroatoms. The van der Waals surface area contributed by atoms with Crippen molar-refractivity contribution in [1.82, 2.24) is 15.1 Å². The van der Waals surface area contributed by atoms with Crippen LogP contribution < -0.4 is 5.32 Å². The van der Waals surface area contributed by atoms with E-state index in [9.17, 15) is 9.59 Å². The van der Waals surface area contributed by atoms with E-state index in [0.717, 1.165) is 0 Å². The second kappa shape index (κ2) is 6.90. The largest absolute Gasteiger partial charge is 0.481 e. The molecule has 0 aromatic rings. The number of urea groups is 1. The molecule has 0 saturated carbocycles. The van der Waals surface area contributed by atoms with Gasteiger partial charge in [0.2, 0.25) is 0 Å². The highest BCUT2D eigenvalue weighted by Crippen LogP contribution is 2.11. The lowest BCUT2D eigenvalue weighted by atomic mass is 10.0. The fourth-order valence-corrected chi connectivity index (χ4v) is 1.78. The van der Waals surface area contributed by atoms with Crippen LogP contribution in [0.3, 0.4) is 0 Å². The highest BCUT2D eigenvalue weighted by molar-refractivity contribution is 5.74. The predicted octanol–water partition coefficient (Wildman–Crippen LogP) is 0.212. The number of amides is 2. The first-order chi connectivity index (χ1) is 9.22. The molecule has 0 aromatic carbocycles. The molecule has 1 fully saturated rings. The van der Waals surface area contributed by atoms with Crippen LogP contribution in [0.25, 0.3) is 0 Å². The Morgan fingerprint density at radius 2 is 2.10 bits per heavy atom. The third kappa shape index (κ3) is 4.97. The number of carbonyl (C=O) groups is 2. The molecule has 20 heavy (non-hydrogen) atoms. The molecule has 1 unspecified atom stereocenters. The molecule has 1 atom stereocenters. The Kier molecular flexibility index (Phi) is 5.76. The Bertz CT molecular complexity index is 358. The van der Waals surface area contributed by atoms with E-state index in [0.29, 0.717) is 26.2 Å². The Balaban J connectivity index is 2.45. The van der Waals surface area contributed by atoms with Crippen molar-refractivity contribution < 1.29 is 19.4 Å². The standard InChI is InChI=1S/C13H25N3O4/c1-13(2,15(3)4)9-14-12(19)16-5-6-20-10(8-16)7-11(17)18/h10H,5-9H2,1-4H3,(H,14,19)(H,17,18). The highest BCUT2D eigenvalue weighted by atomic mass is 16.5. The van der Waals surface area contributed by atoms with Gasteiger partial charge in [0.05, 0.1) is 19.1 Å². The average Bonchev–Trinajstić information content (AvgIpc) is 2.35. The van der Waals surface area contributed by atoms with Crippen molar-refractivity contribution in [2.24, 2.45) is 0 Å². The quantitative estimate of drug-likeness (QED) is 0.755. The zero-order valence-corrected chi connectivity index (χ0v) is 12.7. The number of hydrogen-bond donors (Lipinski definition) is 2. The van der Waals surface area contributed by atoms with Crippen LogP contribution in [-0.2, 0) is 9.53 Å².